The topological polar surface area (TPSA) is 113 Å². The van der Waals surface area contributed by atoms with Crippen LogP contribution in [0, 0.1) is 5.41 Å². The Kier molecular flexibility index (Phi) is 8.24. The van der Waals surface area contributed by atoms with Crippen LogP contribution in [0.15, 0.2) is 78.2 Å². The summed E-state index contributed by atoms with van der Waals surface area (Å²) in [6.45, 7) is 0.906. The Morgan fingerprint density at radius 3 is 2.27 bits per heavy atom. The number of β-lactam (4-membered cyclic amide) rings is 1. The molecule has 2 aromatic carbocycles. The third-order valence-corrected chi connectivity index (χ3v) is 9.41. The van der Waals surface area contributed by atoms with Crippen molar-refractivity contribution in [3.63, 3.8) is 0 Å². The molecule has 2 saturated heterocycles. The minimum Gasteiger partial charge on any atom is -0.465 e. The summed E-state index contributed by atoms with van der Waals surface area (Å²) in [7, 11) is 0. The molecule has 3 aromatic rings. The van der Waals surface area contributed by atoms with E-state index in [0.717, 1.165) is 16.0 Å². The van der Waals surface area contributed by atoms with Gasteiger partial charge in [0, 0.05) is 24.1 Å². The number of nitrogens with zero attached hydrogens (tertiary/aromatic N) is 2. The molecule has 2 aliphatic heterocycles. The van der Waals surface area contributed by atoms with Crippen LogP contribution < -0.4 is 0 Å². The van der Waals surface area contributed by atoms with Crippen molar-refractivity contribution in [2.24, 2.45) is 5.41 Å². The normalized spacial score (nSPS) is 21.8. The van der Waals surface area contributed by atoms with Gasteiger partial charge in [-0.25, -0.2) is 5.06 Å². The summed E-state index contributed by atoms with van der Waals surface area (Å²) in [5.74, 6) is -2.07. The van der Waals surface area contributed by atoms with Gasteiger partial charge in [-0.05, 0) is 22.6 Å². The van der Waals surface area contributed by atoms with E-state index in [0.29, 0.717) is 5.06 Å². The molecule has 9 nitrogen and oxygen atoms in total. The summed E-state index contributed by atoms with van der Waals surface area (Å²) in [6.07, 6.45) is -0.729. The second-order valence-electron chi connectivity index (χ2n) is 9.77. The molecule has 0 bridgehead atoms. The fourth-order valence-corrected chi connectivity index (χ4v) is 7.07. The van der Waals surface area contributed by atoms with E-state index in [9.17, 15) is 24.4 Å². The molecule has 40 heavy (non-hydrogen) atoms. The van der Waals surface area contributed by atoms with Gasteiger partial charge in [0.2, 0.25) is 0 Å². The molecular weight excluding hydrogens is 552 g/mol. The molecule has 0 radical (unpaired) electrons. The molecule has 5 rings (SSSR count). The Bertz CT molecular complexity index is 1330. The Hall–Kier alpha value is -3.67. The molecule has 3 heterocycles. The Balaban J connectivity index is 1.35. The number of hydrogen-bond donors (Lipinski definition) is 1. The van der Waals surface area contributed by atoms with Crippen molar-refractivity contribution in [1.82, 2.24) is 9.96 Å². The van der Waals surface area contributed by atoms with E-state index in [1.54, 1.807) is 6.07 Å². The highest BCUT2D eigenvalue weighted by molar-refractivity contribution is 8.00. The van der Waals surface area contributed by atoms with Crippen LogP contribution >= 0.6 is 23.1 Å². The number of amides is 2. The molecule has 11 heteroatoms. The van der Waals surface area contributed by atoms with Gasteiger partial charge in [-0.3, -0.25) is 24.4 Å². The number of hydroxylamine groups is 2. The maximum Gasteiger partial charge on any atom is 0.319 e. The first-order chi connectivity index (χ1) is 19.3. The molecule has 1 N–H and O–H groups in total. The number of thioether (sulfide) groups is 1. The second-order valence-corrected chi connectivity index (χ2v) is 11.9. The predicted molar refractivity (Wildman–Crippen MR) is 148 cm³/mol. The molecule has 2 unspecified atom stereocenters. The molecule has 1 aromatic heterocycles. The van der Waals surface area contributed by atoms with Gasteiger partial charge in [-0.15, -0.1) is 23.1 Å². The first kappa shape index (κ1) is 27.9. The van der Waals surface area contributed by atoms with Crippen molar-refractivity contribution in [2.75, 3.05) is 18.9 Å². The van der Waals surface area contributed by atoms with E-state index >= 15 is 0 Å². The molecule has 2 fully saturated rings. The third-order valence-electron chi connectivity index (χ3n) is 6.96. The lowest BCUT2D eigenvalue weighted by Crippen LogP contribution is -2.74. The number of thiophene rings is 1. The summed E-state index contributed by atoms with van der Waals surface area (Å²) in [5, 5.41) is 12.4. The van der Waals surface area contributed by atoms with E-state index in [4.69, 9.17) is 9.47 Å². The molecule has 2 amide bonds. The third kappa shape index (κ3) is 5.63. The zero-order valence-electron chi connectivity index (χ0n) is 21.7. The standard InChI is InChI=1S/C29H28N2O7S2/c1-19(32)37-17-29(28(35)38-25(20-9-4-2-5-10-20)21-11-6-3-7-12-21)16-30-26(34)24(27(30)40-18-29)31(36)23(33)15-22-13-8-14-39-22/h2-14,24-25,27,36H,15-18H2,1H3/t24?,27-,29?/m1/s1. The lowest BCUT2D eigenvalue weighted by molar-refractivity contribution is -0.203. The SMILES string of the molecule is CC(=O)OCC1(C(=O)OC(c2ccccc2)c2ccccc2)CS[C@@H]2C(N(O)C(=O)Cc3cccs3)C(=O)N2C1. The molecule has 3 atom stereocenters. The quantitative estimate of drug-likeness (QED) is 0.177. The molecular formula is C29H28N2O7S2. The molecule has 2 aliphatic rings. The average Bonchev–Trinajstić information content (AvgIpc) is 3.48. The van der Waals surface area contributed by atoms with Crippen LogP contribution in [-0.2, 0) is 35.1 Å². The molecule has 0 saturated carbocycles. The number of fused-ring (bicyclic) bond motifs is 1. The van der Waals surface area contributed by atoms with E-state index in [1.165, 1.54) is 34.9 Å². The van der Waals surface area contributed by atoms with Crippen molar-refractivity contribution >= 4 is 46.9 Å². The first-order valence-corrected chi connectivity index (χ1v) is 14.6. The van der Waals surface area contributed by atoms with E-state index in [2.05, 4.69) is 0 Å². The molecule has 0 aliphatic carbocycles. The van der Waals surface area contributed by atoms with Crippen LogP contribution in [0.3, 0.4) is 0 Å². The number of hydrogen-bond acceptors (Lipinski definition) is 9. The van der Waals surface area contributed by atoms with Gasteiger partial charge in [0.25, 0.3) is 11.8 Å². The van der Waals surface area contributed by atoms with Crippen LogP contribution in [0.4, 0.5) is 0 Å². The van der Waals surface area contributed by atoms with Crippen LogP contribution in [0.5, 0.6) is 0 Å². The number of ether oxygens (including phenoxy) is 2. The average molecular weight is 581 g/mol. The summed E-state index contributed by atoms with van der Waals surface area (Å²) in [4.78, 5) is 53.7. The Morgan fingerprint density at radius 1 is 1.05 bits per heavy atom. The van der Waals surface area contributed by atoms with Gasteiger partial charge in [0.15, 0.2) is 12.1 Å². The van der Waals surface area contributed by atoms with Crippen LogP contribution in [0.25, 0.3) is 0 Å². The fraction of sp³-hybridized carbons (Fsp3) is 0.310. The number of esters is 2. The van der Waals surface area contributed by atoms with Crippen LogP contribution in [-0.4, -0.2) is 69.2 Å². The number of benzene rings is 2. The van der Waals surface area contributed by atoms with Crippen molar-refractivity contribution in [3.05, 3.63) is 94.2 Å². The van der Waals surface area contributed by atoms with Gasteiger partial charge in [0.05, 0.1) is 6.42 Å². The number of rotatable bonds is 9. The predicted octanol–water partition coefficient (Wildman–Crippen LogP) is 3.67. The summed E-state index contributed by atoms with van der Waals surface area (Å²) in [6, 6.07) is 21.2. The molecule has 208 valence electrons. The van der Waals surface area contributed by atoms with Gasteiger partial charge >= 0.3 is 11.9 Å². The largest absolute Gasteiger partial charge is 0.465 e. The highest BCUT2D eigenvalue weighted by Crippen LogP contribution is 2.45. The van der Waals surface area contributed by atoms with Gasteiger partial charge in [-0.1, -0.05) is 66.7 Å². The zero-order valence-corrected chi connectivity index (χ0v) is 23.3. The Morgan fingerprint density at radius 2 is 1.70 bits per heavy atom. The second kappa shape index (κ2) is 11.8. The van der Waals surface area contributed by atoms with Crippen LogP contribution in [0.2, 0.25) is 0 Å². The minimum atomic E-state index is -1.34. The lowest BCUT2D eigenvalue weighted by Gasteiger charge is -2.55. The van der Waals surface area contributed by atoms with Crippen molar-refractivity contribution in [3.8, 4) is 0 Å². The number of carbonyl (C=O) groups excluding carboxylic acids is 4. The van der Waals surface area contributed by atoms with Crippen molar-refractivity contribution in [2.45, 2.75) is 30.9 Å². The number of carbonyl (C=O) groups is 4. The highest BCUT2D eigenvalue weighted by atomic mass is 32.2. The van der Waals surface area contributed by atoms with Crippen molar-refractivity contribution in [1.29, 1.82) is 0 Å². The maximum absolute atomic E-state index is 13.9. The minimum absolute atomic E-state index is 0.0155. The zero-order chi connectivity index (χ0) is 28.3. The van der Waals surface area contributed by atoms with Gasteiger partial charge < -0.3 is 14.4 Å². The lowest BCUT2D eigenvalue weighted by atomic mass is 9.87. The summed E-state index contributed by atoms with van der Waals surface area (Å²) >= 11 is 2.64. The van der Waals surface area contributed by atoms with E-state index in [1.807, 2.05) is 72.1 Å². The Labute approximate surface area is 239 Å². The van der Waals surface area contributed by atoms with Gasteiger partial charge in [-0.2, -0.15) is 0 Å². The highest BCUT2D eigenvalue weighted by Gasteiger charge is 2.60. The smallest absolute Gasteiger partial charge is 0.319 e. The molecule has 0 spiro atoms. The van der Waals surface area contributed by atoms with Crippen LogP contribution in [0.1, 0.15) is 29.0 Å². The monoisotopic (exact) mass is 580 g/mol. The fourth-order valence-electron chi connectivity index (χ4n) is 4.82. The van der Waals surface area contributed by atoms with Crippen molar-refractivity contribution < 1.29 is 33.9 Å². The summed E-state index contributed by atoms with van der Waals surface area (Å²) < 4.78 is 11.4. The summed E-state index contributed by atoms with van der Waals surface area (Å²) in [5.41, 5.74) is 0.203. The van der Waals surface area contributed by atoms with Gasteiger partial charge in [0.1, 0.15) is 17.4 Å². The first-order valence-electron chi connectivity index (χ1n) is 12.7. The maximum atomic E-state index is 13.9. The van der Waals surface area contributed by atoms with E-state index < -0.39 is 46.7 Å². The van der Waals surface area contributed by atoms with E-state index in [-0.39, 0.29) is 25.3 Å².